The maximum atomic E-state index is 11.0. The van der Waals surface area contributed by atoms with Crippen molar-refractivity contribution in [3.8, 4) is 0 Å². The third kappa shape index (κ3) is 4.05. The van der Waals surface area contributed by atoms with E-state index in [2.05, 4.69) is 34.1 Å². The van der Waals surface area contributed by atoms with Crippen molar-refractivity contribution in [2.24, 2.45) is 0 Å². The normalized spacial score (nSPS) is 34.2. The first kappa shape index (κ1) is 30.0. The van der Waals surface area contributed by atoms with E-state index in [9.17, 15) is 91.3 Å². The summed E-state index contributed by atoms with van der Waals surface area (Å²) in [5.74, 6) is -35.8. The van der Waals surface area contributed by atoms with E-state index in [1.807, 2.05) is 0 Å². The van der Waals surface area contributed by atoms with Gasteiger partial charge in [-0.3, -0.25) is 24.2 Å². The van der Waals surface area contributed by atoms with Gasteiger partial charge < -0.3 is 30.6 Å². The van der Waals surface area contributed by atoms with Crippen LogP contribution >= 0.6 is 0 Å². The molecule has 0 aliphatic heterocycles. The minimum absolute atomic E-state index is 2.33. The lowest BCUT2D eigenvalue weighted by molar-refractivity contribution is -0.961. The van der Waals surface area contributed by atoms with E-state index < -0.39 is 65.2 Å². The van der Waals surface area contributed by atoms with E-state index in [1.165, 1.54) is 0 Å². The Balaban J connectivity index is 4.57. The summed E-state index contributed by atoms with van der Waals surface area (Å²) in [5, 5.41) is 113. The van der Waals surface area contributed by atoms with Gasteiger partial charge in [-0.15, -0.1) is 65.7 Å². The Kier molecular flexibility index (Phi) is 7.17. The number of aliphatic hydroxyl groups is 6. The van der Waals surface area contributed by atoms with Crippen molar-refractivity contribution in [1.82, 2.24) is 0 Å². The van der Waals surface area contributed by atoms with Gasteiger partial charge in [-0.05, 0) is 0 Å². The van der Waals surface area contributed by atoms with Crippen LogP contribution in [0.25, 0.3) is 0 Å². The second-order valence-corrected chi connectivity index (χ2v) is 5.82. The van der Waals surface area contributed by atoms with Crippen LogP contribution in [-0.2, 0) is 34.1 Å². The molecule has 5 atom stereocenters. The van der Waals surface area contributed by atoms with E-state index in [0.29, 0.717) is 0 Å². The first-order valence-electron chi connectivity index (χ1n) is 7.52. The molecule has 1 rings (SSSR count). The van der Waals surface area contributed by atoms with E-state index in [1.54, 1.807) is 0 Å². The molecule has 0 aromatic carbocycles. The van der Waals surface area contributed by atoms with Gasteiger partial charge in [-0.25, -0.2) is 0 Å². The summed E-state index contributed by atoms with van der Waals surface area (Å²) in [5.41, 5.74) is 0. The van der Waals surface area contributed by atoms with Crippen molar-refractivity contribution in [2.75, 3.05) is 0 Å². The molecule has 1 aliphatic carbocycles. The minimum Gasteiger partial charge on any atom is -0.358 e. The van der Waals surface area contributed by atoms with Gasteiger partial charge in [0.05, 0.1) is 0 Å². The Morgan fingerprint density at radius 2 is 0.730 bits per heavy atom. The van der Waals surface area contributed by atoms with E-state index in [4.69, 9.17) is 0 Å². The summed E-state index contributed by atoms with van der Waals surface area (Å²) in [6.45, 7) is 0. The Bertz CT molecular complexity index is 1010. The van der Waals surface area contributed by atoms with Gasteiger partial charge in [0.1, 0.15) is 0 Å². The summed E-state index contributed by atoms with van der Waals surface area (Å²) < 4.78 is 0. The molecule has 0 bridgehead atoms. The molecule has 1 fully saturated rings. The zero-order valence-corrected chi connectivity index (χ0v) is 16.1. The maximum absolute atomic E-state index is 11.0. The number of hydrogen-bond acceptors (Lipinski definition) is 25. The number of hydrogen-bond donors (Lipinski definition) is 6. The first-order chi connectivity index (χ1) is 16.5. The summed E-state index contributed by atoms with van der Waals surface area (Å²) >= 11 is 0. The molecule has 0 aromatic heterocycles. The van der Waals surface area contributed by atoms with Gasteiger partial charge >= 0.3 is 34.0 Å². The van der Waals surface area contributed by atoms with Crippen molar-refractivity contribution in [3.05, 3.63) is 60.7 Å². The maximum Gasteiger partial charge on any atom is 0.364 e. The highest BCUT2D eigenvalue weighted by molar-refractivity contribution is 5.23. The Morgan fingerprint density at radius 3 is 1.05 bits per heavy atom. The Hall–Kier alpha value is -5.08. The molecule has 6 N–H and O–H groups in total. The molecule has 31 heteroatoms. The molecule has 0 radical (unpaired) electrons. The average Bonchev–Trinajstić information content (AvgIpc) is 2.66. The van der Waals surface area contributed by atoms with Crippen LogP contribution in [0.2, 0.25) is 0 Å². The lowest BCUT2D eigenvalue weighted by Gasteiger charge is -2.62. The third-order valence-electron chi connectivity index (χ3n) is 4.00. The highest BCUT2D eigenvalue weighted by atomic mass is 17.4. The highest BCUT2D eigenvalue weighted by Crippen LogP contribution is 2.61. The molecular weight excluding hydrogens is 556 g/mol. The highest BCUT2D eigenvalue weighted by Gasteiger charge is 3.00. The van der Waals surface area contributed by atoms with Gasteiger partial charge in [-0.1, -0.05) is 0 Å². The van der Waals surface area contributed by atoms with Crippen molar-refractivity contribution in [3.63, 3.8) is 0 Å². The standard InChI is InChI=1S/C6H6N6O25/c13-1(14)2(15,31-7(19)20)3(16,32-8(21)22)4(17,33-9(23)24)5(18,34-10(25)26)6(1,35-11(27)28)36-37-12(29)30/h13-18H/t2-,3+,4+,5-,6+/m1/s1. The van der Waals surface area contributed by atoms with Crippen molar-refractivity contribution < 1.29 is 95.2 Å². The molecule has 37 heavy (non-hydrogen) atoms. The summed E-state index contributed by atoms with van der Waals surface area (Å²) in [7, 11) is 0. The fourth-order valence-electron chi connectivity index (χ4n) is 2.75. The van der Waals surface area contributed by atoms with Crippen LogP contribution < -0.4 is 0 Å². The van der Waals surface area contributed by atoms with Crippen LogP contribution in [0.3, 0.4) is 0 Å². The van der Waals surface area contributed by atoms with Crippen LogP contribution in [0, 0.1) is 60.7 Å². The SMILES string of the molecule is O=[N+]([O-])OO[C@@]1(O[N+](=O)[O-])C(O)(O)[C@@](O)(O[N+](=O)[O-])[C@](O)(O[N+](=O)[O-])[C@](O)(O[N+](=O)[O-])[C@@]1(O)O[N+](=O)[O-]. The molecule has 0 spiro atoms. The quantitative estimate of drug-likeness (QED) is 0.0525. The lowest BCUT2D eigenvalue weighted by Crippen LogP contribution is -2.98. The predicted molar refractivity (Wildman–Crippen MR) is 79.3 cm³/mol. The van der Waals surface area contributed by atoms with Gasteiger partial charge in [0.2, 0.25) is 0 Å². The van der Waals surface area contributed by atoms with Crippen LogP contribution in [0.1, 0.15) is 0 Å². The molecule has 0 unspecified atom stereocenters. The predicted octanol–water partition coefficient (Wildman–Crippen LogP) is -6.69. The summed E-state index contributed by atoms with van der Waals surface area (Å²) in [4.78, 5) is 87.2. The Morgan fingerprint density at radius 1 is 0.432 bits per heavy atom. The summed E-state index contributed by atoms with van der Waals surface area (Å²) in [6.07, 6.45) is 0. The monoisotopic (exact) mass is 562 g/mol. The summed E-state index contributed by atoms with van der Waals surface area (Å²) in [6, 6.07) is 0. The third-order valence-corrected chi connectivity index (χ3v) is 4.00. The number of rotatable bonds is 13. The fraction of sp³-hybridized carbons (Fsp3) is 1.00. The smallest absolute Gasteiger partial charge is 0.358 e. The average molecular weight is 562 g/mol. The minimum atomic E-state index is -6.02. The topological polar surface area (TPSA) is 445 Å². The van der Waals surface area contributed by atoms with Gasteiger partial charge in [-0.2, -0.15) is 4.89 Å². The van der Waals surface area contributed by atoms with Crippen LogP contribution in [0.5, 0.6) is 0 Å². The second-order valence-electron chi connectivity index (χ2n) is 5.82. The van der Waals surface area contributed by atoms with Crippen LogP contribution in [0.4, 0.5) is 0 Å². The second kappa shape index (κ2) is 8.85. The molecule has 1 saturated carbocycles. The molecule has 0 amide bonds. The lowest BCUT2D eigenvalue weighted by atomic mass is 9.69. The van der Waals surface area contributed by atoms with Gasteiger partial charge in [0.25, 0.3) is 31.2 Å². The van der Waals surface area contributed by atoms with Crippen molar-refractivity contribution >= 4 is 0 Å². The zero-order valence-electron chi connectivity index (χ0n) is 16.1. The van der Waals surface area contributed by atoms with Crippen molar-refractivity contribution in [2.45, 2.75) is 34.7 Å². The largest absolute Gasteiger partial charge is 0.364 e. The molecule has 1 aliphatic rings. The Labute approximate surface area is 192 Å². The fourth-order valence-corrected chi connectivity index (χ4v) is 2.75. The molecule has 210 valence electrons. The van der Waals surface area contributed by atoms with Gasteiger partial charge in [0.15, 0.2) is 0 Å². The molecule has 0 heterocycles. The molecule has 0 saturated heterocycles. The molecular formula is C6H6N6O25. The van der Waals surface area contributed by atoms with Crippen LogP contribution in [-0.4, -0.2) is 95.9 Å². The van der Waals surface area contributed by atoms with E-state index >= 15 is 0 Å². The van der Waals surface area contributed by atoms with E-state index in [0.717, 1.165) is 0 Å². The van der Waals surface area contributed by atoms with Gasteiger partial charge in [0, 0.05) is 0 Å². The molecule has 0 aromatic rings. The number of nitrogens with zero attached hydrogens (tertiary/aromatic N) is 6. The zero-order chi connectivity index (χ0) is 29.4. The van der Waals surface area contributed by atoms with Crippen LogP contribution in [0.15, 0.2) is 0 Å². The van der Waals surface area contributed by atoms with Crippen molar-refractivity contribution in [1.29, 1.82) is 0 Å². The van der Waals surface area contributed by atoms with E-state index in [-0.39, 0.29) is 0 Å². The first-order valence-corrected chi connectivity index (χ1v) is 7.52. The molecule has 31 nitrogen and oxygen atoms in total.